The quantitative estimate of drug-likeness (QED) is 0.485. The lowest BCUT2D eigenvalue weighted by molar-refractivity contribution is -0.103. The highest BCUT2D eigenvalue weighted by Gasteiger charge is 2.06. The average Bonchev–Trinajstić information content (AvgIpc) is 2.48. The van der Waals surface area contributed by atoms with Gasteiger partial charge in [0.05, 0.1) is 0 Å². The lowest BCUT2D eigenvalue weighted by Gasteiger charge is -1.82. The first-order valence-corrected chi connectivity index (χ1v) is 3.02. The molecule has 4 heteroatoms. The summed E-state index contributed by atoms with van der Waals surface area (Å²) in [6.45, 7) is 0. The Labute approximate surface area is 67.8 Å². The van der Waals surface area contributed by atoms with Crippen molar-refractivity contribution in [2.45, 2.75) is 0 Å². The molecule has 1 aromatic heterocycles. The summed E-state index contributed by atoms with van der Waals surface area (Å²) in [4.78, 5) is 20.1. The van der Waals surface area contributed by atoms with Crippen LogP contribution in [0.25, 0.3) is 0 Å². The van der Waals surface area contributed by atoms with E-state index < -0.39 is 5.97 Å². The minimum Gasteiger partial charge on any atom is -0.475 e. The molecule has 4 nitrogen and oxygen atoms in total. The topological polar surface area (TPSA) is 67.5 Å². The van der Waals surface area contributed by atoms with Crippen LogP contribution in [0.5, 0.6) is 0 Å². The molecule has 0 atom stereocenters. The van der Waals surface area contributed by atoms with Crippen molar-refractivity contribution in [3.63, 3.8) is 0 Å². The summed E-state index contributed by atoms with van der Waals surface area (Å²) in [5.41, 5.74) is 0. The molecule has 0 saturated carbocycles. The fraction of sp³-hybridized carbons (Fsp3) is 0. The number of furan rings is 1. The summed E-state index contributed by atoms with van der Waals surface area (Å²) < 4.78 is 4.72. The third kappa shape index (κ3) is 1.73. The van der Waals surface area contributed by atoms with Gasteiger partial charge in [-0.25, -0.2) is 4.79 Å². The van der Waals surface area contributed by atoms with Crippen molar-refractivity contribution < 1.29 is 19.1 Å². The van der Waals surface area contributed by atoms with Crippen LogP contribution in [0.15, 0.2) is 16.5 Å². The fourth-order valence-electron chi connectivity index (χ4n) is 0.621. The van der Waals surface area contributed by atoms with E-state index in [1.54, 1.807) is 0 Å². The number of carboxylic acids is 1. The molecule has 0 bridgehead atoms. The van der Waals surface area contributed by atoms with Crippen molar-refractivity contribution in [1.29, 1.82) is 0 Å². The zero-order valence-corrected chi connectivity index (χ0v) is 5.90. The molecule has 60 valence electrons. The number of carboxylic acid groups (broad SMARTS) is 1. The highest BCUT2D eigenvalue weighted by Crippen LogP contribution is 2.05. The van der Waals surface area contributed by atoms with E-state index >= 15 is 0 Å². The Morgan fingerprint density at radius 3 is 2.83 bits per heavy atom. The van der Waals surface area contributed by atoms with Gasteiger partial charge in [0.1, 0.15) is 0 Å². The van der Waals surface area contributed by atoms with E-state index in [0.717, 1.165) is 0 Å². The highest BCUT2D eigenvalue weighted by atomic mass is 16.4. The lowest BCUT2D eigenvalue weighted by Crippen LogP contribution is -1.91. The molecule has 0 aliphatic carbocycles. The van der Waals surface area contributed by atoms with Gasteiger partial charge in [-0.1, -0.05) is 0 Å². The summed E-state index contributed by atoms with van der Waals surface area (Å²) in [5, 5.41) is 8.41. The monoisotopic (exact) mass is 164 g/mol. The van der Waals surface area contributed by atoms with Gasteiger partial charge in [0.15, 0.2) is 12.0 Å². The second-order valence-electron chi connectivity index (χ2n) is 1.86. The Morgan fingerprint density at radius 1 is 1.58 bits per heavy atom. The lowest BCUT2D eigenvalue weighted by atomic mass is 10.4. The molecule has 1 aromatic rings. The number of hydrogen-bond acceptors (Lipinski definition) is 3. The minimum absolute atomic E-state index is 0.166. The van der Waals surface area contributed by atoms with E-state index in [-0.39, 0.29) is 11.5 Å². The molecule has 0 fully saturated rings. The second-order valence-corrected chi connectivity index (χ2v) is 1.86. The normalized spacial score (nSPS) is 8.33. The Hall–Kier alpha value is -2.02. The smallest absolute Gasteiger partial charge is 0.371 e. The Morgan fingerprint density at radius 2 is 2.33 bits per heavy atom. The SMILES string of the molecule is O=CC#Cc1ccc(C(=O)O)o1. The molecule has 12 heavy (non-hydrogen) atoms. The van der Waals surface area contributed by atoms with Crippen molar-refractivity contribution in [1.82, 2.24) is 0 Å². The fourth-order valence-corrected chi connectivity index (χ4v) is 0.621. The molecule has 1 N–H and O–H groups in total. The van der Waals surface area contributed by atoms with Crippen LogP contribution < -0.4 is 0 Å². The largest absolute Gasteiger partial charge is 0.475 e. The molecular weight excluding hydrogens is 160 g/mol. The molecule has 0 spiro atoms. The Kier molecular flexibility index (Phi) is 2.29. The maximum atomic E-state index is 10.3. The molecule has 1 heterocycles. The molecule has 1 rings (SSSR count). The van der Waals surface area contributed by atoms with Crippen LogP contribution in [0.4, 0.5) is 0 Å². The molecule has 0 saturated heterocycles. The van der Waals surface area contributed by atoms with Crippen LogP contribution >= 0.6 is 0 Å². The van der Waals surface area contributed by atoms with E-state index in [9.17, 15) is 9.59 Å². The van der Waals surface area contributed by atoms with Crippen molar-refractivity contribution >= 4 is 12.3 Å². The number of aromatic carboxylic acids is 1. The zero-order valence-electron chi connectivity index (χ0n) is 5.90. The number of rotatable bonds is 1. The third-order valence-corrected chi connectivity index (χ3v) is 1.07. The highest BCUT2D eigenvalue weighted by molar-refractivity contribution is 5.84. The molecule has 0 unspecified atom stereocenters. The van der Waals surface area contributed by atoms with E-state index in [1.165, 1.54) is 12.1 Å². The van der Waals surface area contributed by atoms with Gasteiger partial charge in [-0.3, -0.25) is 4.79 Å². The predicted molar refractivity (Wildman–Crippen MR) is 38.6 cm³/mol. The Balaban J connectivity index is 2.91. The van der Waals surface area contributed by atoms with E-state index in [2.05, 4.69) is 11.8 Å². The summed E-state index contributed by atoms with van der Waals surface area (Å²) in [5.74, 6) is 3.24. The number of hydrogen-bond donors (Lipinski definition) is 1. The van der Waals surface area contributed by atoms with Gasteiger partial charge in [-0.2, -0.15) is 0 Å². The molecule has 0 aliphatic heterocycles. The van der Waals surface area contributed by atoms with Crippen LogP contribution in [0.3, 0.4) is 0 Å². The van der Waals surface area contributed by atoms with Gasteiger partial charge in [0.2, 0.25) is 5.76 Å². The van der Waals surface area contributed by atoms with Gasteiger partial charge in [0, 0.05) is 0 Å². The first-order chi connectivity index (χ1) is 5.74. The maximum absolute atomic E-state index is 10.3. The first-order valence-electron chi connectivity index (χ1n) is 3.02. The number of carbonyl (C=O) groups excluding carboxylic acids is 1. The maximum Gasteiger partial charge on any atom is 0.371 e. The molecule has 0 aliphatic rings. The van der Waals surface area contributed by atoms with E-state index in [4.69, 9.17) is 9.52 Å². The summed E-state index contributed by atoms with van der Waals surface area (Å²) in [6.07, 6.45) is 0.406. The van der Waals surface area contributed by atoms with Gasteiger partial charge < -0.3 is 9.52 Å². The van der Waals surface area contributed by atoms with E-state index in [1.807, 2.05) is 0 Å². The average molecular weight is 164 g/mol. The summed E-state index contributed by atoms with van der Waals surface area (Å²) in [6, 6.07) is 2.66. The van der Waals surface area contributed by atoms with Crippen molar-refractivity contribution in [2.24, 2.45) is 0 Å². The van der Waals surface area contributed by atoms with Gasteiger partial charge in [-0.15, -0.1) is 0 Å². The van der Waals surface area contributed by atoms with Crippen LogP contribution in [0, 0.1) is 11.8 Å². The summed E-state index contributed by atoms with van der Waals surface area (Å²) in [7, 11) is 0. The van der Waals surface area contributed by atoms with Gasteiger partial charge in [-0.05, 0) is 24.0 Å². The van der Waals surface area contributed by atoms with Crippen molar-refractivity contribution in [3.8, 4) is 11.8 Å². The van der Waals surface area contributed by atoms with Crippen LogP contribution in [-0.4, -0.2) is 17.4 Å². The van der Waals surface area contributed by atoms with Gasteiger partial charge in [0.25, 0.3) is 0 Å². The molecule has 0 amide bonds. The molecule has 0 radical (unpaired) electrons. The summed E-state index contributed by atoms with van der Waals surface area (Å²) >= 11 is 0. The van der Waals surface area contributed by atoms with E-state index in [0.29, 0.717) is 6.29 Å². The van der Waals surface area contributed by atoms with Gasteiger partial charge >= 0.3 is 5.97 Å². The minimum atomic E-state index is -1.16. The van der Waals surface area contributed by atoms with Crippen molar-refractivity contribution in [3.05, 3.63) is 23.7 Å². The van der Waals surface area contributed by atoms with Crippen LogP contribution in [0.1, 0.15) is 16.3 Å². The molecular formula is C8H4O4. The van der Waals surface area contributed by atoms with Crippen molar-refractivity contribution in [2.75, 3.05) is 0 Å². The van der Waals surface area contributed by atoms with Crippen LogP contribution in [-0.2, 0) is 4.79 Å². The number of carbonyl (C=O) groups is 2. The molecule has 0 aromatic carbocycles. The first kappa shape index (κ1) is 8.08. The standard InChI is InChI=1S/C8H4O4/c9-5-1-2-6-3-4-7(12-6)8(10)11/h3-5H,(H,10,11). The third-order valence-electron chi connectivity index (χ3n) is 1.07. The van der Waals surface area contributed by atoms with Crippen LogP contribution in [0.2, 0.25) is 0 Å². The zero-order chi connectivity index (χ0) is 8.97. The predicted octanol–water partition coefficient (Wildman–Crippen LogP) is 0.528. The second kappa shape index (κ2) is 3.39. The Bertz CT molecular complexity index is 364. The number of aldehydes is 1.